The topological polar surface area (TPSA) is 67.8 Å². The number of carbonyl (C=O) groups is 1. The van der Waals surface area contributed by atoms with Crippen molar-refractivity contribution >= 4 is 11.7 Å². The van der Waals surface area contributed by atoms with Gasteiger partial charge in [-0.3, -0.25) is 0 Å². The Hall–Kier alpha value is -1.75. The van der Waals surface area contributed by atoms with Gasteiger partial charge in [0.2, 0.25) is 0 Å². The van der Waals surface area contributed by atoms with Gasteiger partial charge in [-0.25, -0.2) is 4.79 Å². The summed E-state index contributed by atoms with van der Waals surface area (Å²) >= 11 is 0. The van der Waals surface area contributed by atoms with Crippen LogP contribution < -0.4 is 10.1 Å². The number of carboxylic acid groups (broad SMARTS) is 1. The Labute approximate surface area is 119 Å². The van der Waals surface area contributed by atoms with E-state index in [4.69, 9.17) is 14.6 Å². The van der Waals surface area contributed by atoms with Gasteiger partial charge in [-0.1, -0.05) is 13.3 Å². The van der Waals surface area contributed by atoms with E-state index in [-0.39, 0.29) is 5.56 Å². The predicted octanol–water partition coefficient (Wildman–Crippen LogP) is 3.01. The van der Waals surface area contributed by atoms with Gasteiger partial charge in [0.05, 0.1) is 18.4 Å². The van der Waals surface area contributed by atoms with Crippen molar-refractivity contribution in [2.45, 2.75) is 26.2 Å². The normalized spacial score (nSPS) is 10.3. The fourth-order valence-corrected chi connectivity index (χ4v) is 1.73. The fourth-order valence-electron chi connectivity index (χ4n) is 1.73. The summed E-state index contributed by atoms with van der Waals surface area (Å²) in [4.78, 5) is 11.1. The first-order valence-electron chi connectivity index (χ1n) is 6.92. The van der Waals surface area contributed by atoms with E-state index in [0.29, 0.717) is 24.6 Å². The summed E-state index contributed by atoms with van der Waals surface area (Å²) in [5, 5.41) is 12.2. The van der Waals surface area contributed by atoms with Crippen LogP contribution >= 0.6 is 0 Å². The maximum absolute atomic E-state index is 11.1. The van der Waals surface area contributed by atoms with Gasteiger partial charge in [-0.05, 0) is 25.0 Å². The number of ether oxygens (including phenoxy) is 2. The third-order valence-corrected chi connectivity index (χ3v) is 2.88. The summed E-state index contributed by atoms with van der Waals surface area (Å²) in [7, 11) is 1.56. The number of hydrogen-bond donors (Lipinski definition) is 2. The smallest absolute Gasteiger partial charge is 0.337 e. The van der Waals surface area contributed by atoms with Crippen molar-refractivity contribution in [1.82, 2.24) is 0 Å². The predicted molar refractivity (Wildman–Crippen MR) is 78.8 cm³/mol. The molecule has 5 nitrogen and oxygen atoms in total. The first kappa shape index (κ1) is 16.3. The molecule has 1 aromatic rings. The van der Waals surface area contributed by atoms with Crippen molar-refractivity contribution in [3.05, 3.63) is 23.8 Å². The fraction of sp³-hybridized carbons (Fsp3) is 0.533. The molecule has 0 aromatic heterocycles. The second kappa shape index (κ2) is 9.20. The molecule has 0 bridgehead atoms. The highest BCUT2D eigenvalue weighted by Crippen LogP contribution is 2.22. The van der Waals surface area contributed by atoms with Crippen molar-refractivity contribution in [2.75, 3.05) is 32.2 Å². The summed E-state index contributed by atoms with van der Waals surface area (Å²) in [5.41, 5.74) is 0.822. The van der Waals surface area contributed by atoms with Crippen LogP contribution in [0.25, 0.3) is 0 Å². The zero-order valence-corrected chi connectivity index (χ0v) is 12.1. The van der Waals surface area contributed by atoms with Crippen LogP contribution in [0.3, 0.4) is 0 Å². The van der Waals surface area contributed by atoms with Crippen molar-refractivity contribution in [3.63, 3.8) is 0 Å². The van der Waals surface area contributed by atoms with E-state index < -0.39 is 5.97 Å². The van der Waals surface area contributed by atoms with Crippen LogP contribution in [0.2, 0.25) is 0 Å². The number of benzene rings is 1. The monoisotopic (exact) mass is 281 g/mol. The van der Waals surface area contributed by atoms with Crippen LogP contribution in [-0.4, -0.2) is 37.9 Å². The number of aromatic carboxylic acids is 1. The SMILES string of the molecule is CCCCOCCCNc1cc(OC)ccc1C(=O)O. The van der Waals surface area contributed by atoms with Crippen LogP contribution in [0, 0.1) is 0 Å². The minimum atomic E-state index is -0.950. The maximum Gasteiger partial charge on any atom is 0.337 e. The second-order valence-corrected chi connectivity index (χ2v) is 4.46. The van der Waals surface area contributed by atoms with Gasteiger partial charge in [0.1, 0.15) is 5.75 Å². The molecule has 112 valence electrons. The lowest BCUT2D eigenvalue weighted by Crippen LogP contribution is -2.10. The number of unbranched alkanes of at least 4 members (excludes halogenated alkanes) is 1. The molecule has 20 heavy (non-hydrogen) atoms. The average molecular weight is 281 g/mol. The molecule has 1 rings (SSSR count). The van der Waals surface area contributed by atoms with Crippen molar-refractivity contribution < 1.29 is 19.4 Å². The molecule has 0 amide bonds. The van der Waals surface area contributed by atoms with Crippen molar-refractivity contribution in [2.24, 2.45) is 0 Å². The van der Waals surface area contributed by atoms with Crippen molar-refractivity contribution in [1.29, 1.82) is 0 Å². The summed E-state index contributed by atoms with van der Waals surface area (Å²) < 4.78 is 10.6. The number of nitrogens with one attached hydrogen (secondary N) is 1. The van der Waals surface area contributed by atoms with E-state index in [9.17, 15) is 4.79 Å². The number of methoxy groups -OCH3 is 1. The molecule has 0 heterocycles. The zero-order chi connectivity index (χ0) is 14.8. The van der Waals surface area contributed by atoms with Gasteiger partial charge in [0.15, 0.2) is 0 Å². The molecule has 0 atom stereocenters. The lowest BCUT2D eigenvalue weighted by Gasteiger charge is -2.11. The molecule has 2 N–H and O–H groups in total. The van der Waals surface area contributed by atoms with Gasteiger partial charge in [0, 0.05) is 25.8 Å². The Morgan fingerprint density at radius 2 is 2.05 bits per heavy atom. The van der Waals surface area contributed by atoms with E-state index in [1.165, 1.54) is 0 Å². The Kier molecular flexibility index (Phi) is 7.50. The molecule has 0 unspecified atom stereocenters. The number of rotatable bonds is 10. The van der Waals surface area contributed by atoms with E-state index in [1.807, 2.05) is 0 Å². The van der Waals surface area contributed by atoms with Gasteiger partial charge in [-0.15, -0.1) is 0 Å². The minimum Gasteiger partial charge on any atom is -0.497 e. The Bertz CT molecular complexity index is 420. The molecular weight excluding hydrogens is 258 g/mol. The molecule has 0 aliphatic rings. The highest BCUT2D eigenvalue weighted by Gasteiger charge is 2.10. The van der Waals surface area contributed by atoms with E-state index in [0.717, 1.165) is 25.9 Å². The summed E-state index contributed by atoms with van der Waals surface area (Å²) in [6, 6.07) is 4.88. The highest BCUT2D eigenvalue weighted by atomic mass is 16.5. The molecule has 0 saturated heterocycles. The minimum absolute atomic E-state index is 0.248. The quantitative estimate of drug-likeness (QED) is 0.645. The first-order valence-corrected chi connectivity index (χ1v) is 6.92. The number of carboxylic acids is 1. The Balaban J connectivity index is 2.43. The maximum atomic E-state index is 11.1. The molecular formula is C15H23NO4. The lowest BCUT2D eigenvalue weighted by atomic mass is 10.1. The second-order valence-electron chi connectivity index (χ2n) is 4.46. The molecule has 0 aliphatic heterocycles. The van der Waals surface area contributed by atoms with E-state index in [2.05, 4.69) is 12.2 Å². The highest BCUT2D eigenvalue weighted by molar-refractivity contribution is 5.94. The Morgan fingerprint density at radius 1 is 1.30 bits per heavy atom. The van der Waals surface area contributed by atoms with Gasteiger partial charge < -0.3 is 19.9 Å². The molecule has 0 aliphatic carbocycles. The first-order chi connectivity index (χ1) is 9.69. The standard InChI is InChI=1S/C15H23NO4/c1-3-4-9-20-10-5-8-16-14-11-12(19-2)6-7-13(14)15(17)18/h6-7,11,16H,3-5,8-10H2,1-2H3,(H,17,18). The van der Waals surface area contributed by atoms with Crippen LogP contribution in [-0.2, 0) is 4.74 Å². The number of hydrogen-bond acceptors (Lipinski definition) is 4. The summed E-state index contributed by atoms with van der Waals surface area (Å²) in [6.45, 7) is 4.26. The molecule has 0 radical (unpaired) electrons. The lowest BCUT2D eigenvalue weighted by molar-refractivity contribution is 0.0698. The van der Waals surface area contributed by atoms with Crippen molar-refractivity contribution in [3.8, 4) is 5.75 Å². The summed E-state index contributed by atoms with van der Waals surface area (Å²) in [5.74, 6) is -0.314. The molecule has 5 heteroatoms. The van der Waals surface area contributed by atoms with Crippen LogP contribution in [0.4, 0.5) is 5.69 Å². The van der Waals surface area contributed by atoms with E-state index in [1.54, 1.807) is 25.3 Å². The Morgan fingerprint density at radius 3 is 2.70 bits per heavy atom. The third-order valence-electron chi connectivity index (χ3n) is 2.88. The van der Waals surface area contributed by atoms with Gasteiger partial charge in [-0.2, -0.15) is 0 Å². The zero-order valence-electron chi connectivity index (χ0n) is 12.1. The van der Waals surface area contributed by atoms with Crippen LogP contribution in [0.5, 0.6) is 5.75 Å². The van der Waals surface area contributed by atoms with Crippen LogP contribution in [0.1, 0.15) is 36.5 Å². The molecule has 0 fully saturated rings. The van der Waals surface area contributed by atoms with Gasteiger partial charge in [0.25, 0.3) is 0 Å². The van der Waals surface area contributed by atoms with Crippen LogP contribution in [0.15, 0.2) is 18.2 Å². The molecule has 0 saturated carbocycles. The third kappa shape index (κ3) is 5.48. The number of anilines is 1. The van der Waals surface area contributed by atoms with Gasteiger partial charge >= 0.3 is 5.97 Å². The van der Waals surface area contributed by atoms with E-state index >= 15 is 0 Å². The summed E-state index contributed by atoms with van der Waals surface area (Å²) in [6.07, 6.45) is 3.04. The molecule has 1 aromatic carbocycles. The largest absolute Gasteiger partial charge is 0.497 e. The molecule has 0 spiro atoms. The average Bonchev–Trinajstić information content (AvgIpc) is 2.45.